The summed E-state index contributed by atoms with van der Waals surface area (Å²) in [5, 5.41) is 0. The van der Waals surface area contributed by atoms with E-state index in [9.17, 15) is 4.79 Å². The lowest BCUT2D eigenvalue weighted by Crippen LogP contribution is -2.25. The van der Waals surface area contributed by atoms with Crippen molar-refractivity contribution < 1.29 is 4.79 Å². The van der Waals surface area contributed by atoms with Gasteiger partial charge in [-0.2, -0.15) is 0 Å². The van der Waals surface area contributed by atoms with Crippen LogP contribution in [0, 0.1) is 11.8 Å². The van der Waals surface area contributed by atoms with Gasteiger partial charge in [0, 0.05) is 5.92 Å². The molecule has 2 atom stereocenters. The molecule has 2 unspecified atom stereocenters. The van der Waals surface area contributed by atoms with E-state index >= 15 is 0 Å². The van der Waals surface area contributed by atoms with Crippen LogP contribution in [-0.2, 0) is 4.79 Å². The maximum absolute atomic E-state index is 10.7. The molecule has 2 rings (SSSR count). The van der Waals surface area contributed by atoms with E-state index in [4.69, 9.17) is 0 Å². The van der Waals surface area contributed by atoms with Crippen molar-refractivity contribution in [2.45, 2.75) is 12.8 Å². The zero-order valence-corrected chi connectivity index (χ0v) is 4.63. The number of hydrogen-bond acceptors (Lipinski definition) is 1. The van der Waals surface area contributed by atoms with Crippen molar-refractivity contribution >= 4 is 5.78 Å². The van der Waals surface area contributed by atoms with Crippen LogP contribution in [0.15, 0.2) is 12.2 Å². The van der Waals surface area contributed by atoms with Crippen LogP contribution >= 0.6 is 0 Å². The minimum Gasteiger partial charge on any atom is -0.295 e. The number of carbonyl (C=O) groups is 1. The van der Waals surface area contributed by atoms with Gasteiger partial charge in [-0.3, -0.25) is 4.79 Å². The van der Waals surface area contributed by atoms with E-state index in [1.807, 2.05) is 0 Å². The Labute approximate surface area is 48.4 Å². The Morgan fingerprint density at radius 3 is 2.62 bits per heavy atom. The van der Waals surface area contributed by atoms with Gasteiger partial charge in [-0.05, 0) is 24.8 Å². The van der Waals surface area contributed by atoms with Crippen molar-refractivity contribution in [3.63, 3.8) is 0 Å². The number of fused-ring (bicyclic) bond motifs is 1. The lowest BCUT2D eigenvalue weighted by molar-refractivity contribution is -0.120. The van der Waals surface area contributed by atoms with Crippen LogP contribution < -0.4 is 0 Å². The van der Waals surface area contributed by atoms with Crippen LogP contribution in [0.2, 0.25) is 0 Å². The summed E-state index contributed by atoms with van der Waals surface area (Å²) in [7, 11) is 0. The van der Waals surface area contributed by atoms with Gasteiger partial charge in [0.2, 0.25) is 0 Å². The summed E-state index contributed by atoms with van der Waals surface area (Å²) >= 11 is 0. The van der Waals surface area contributed by atoms with E-state index in [1.165, 1.54) is 6.42 Å². The molecule has 0 aromatic heterocycles. The first-order chi connectivity index (χ1) is 3.88. The number of rotatable bonds is 0. The van der Waals surface area contributed by atoms with Crippen LogP contribution in [0.25, 0.3) is 0 Å². The van der Waals surface area contributed by atoms with Crippen molar-refractivity contribution in [2.75, 3.05) is 0 Å². The molecule has 0 amide bonds. The van der Waals surface area contributed by atoms with Crippen molar-refractivity contribution in [3.05, 3.63) is 12.2 Å². The van der Waals surface area contributed by atoms with Crippen molar-refractivity contribution in [2.24, 2.45) is 11.8 Å². The number of carbonyl (C=O) groups excluding carboxylic acids is 1. The second-order valence-electron chi connectivity index (χ2n) is 2.61. The van der Waals surface area contributed by atoms with E-state index in [0.717, 1.165) is 6.42 Å². The van der Waals surface area contributed by atoms with Crippen LogP contribution in [-0.4, -0.2) is 5.78 Å². The average molecular weight is 108 g/mol. The summed E-state index contributed by atoms with van der Waals surface area (Å²) < 4.78 is 0. The maximum atomic E-state index is 10.7. The summed E-state index contributed by atoms with van der Waals surface area (Å²) in [6.45, 7) is 0. The largest absolute Gasteiger partial charge is 0.295 e. The fourth-order valence-electron chi connectivity index (χ4n) is 1.45. The zero-order valence-electron chi connectivity index (χ0n) is 4.63. The SMILES string of the molecule is O=C1C=CC2CCC12. The van der Waals surface area contributed by atoms with Gasteiger partial charge in [0.15, 0.2) is 5.78 Å². The molecule has 2 aliphatic rings. The van der Waals surface area contributed by atoms with Gasteiger partial charge in [-0.1, -0.05) is 6.08 Å². The summed E-state index contributed by atoms with van der Waals surface area (Å²) in [4.78, 5) is 10.7. The van der Waals surface area contributed by atoms with Crippen molar-refractivity contribution in [1.29, 1.82) is 0 Å². The molecule has 0 heterocycles. The Morgan fingerprint density at radius 2 is 2.38 bits per heavy atom. The minimum atomic E-state index is 0.362. The summed E-state index contributed by atoms with van der Waals surface area (Å²) in [5.74, 6) is 1.42. The molecule has 0 spiro atoms. The highest BCUT2D eigenvalue weighted by atomic mass is 16.1. The fraction of sp³-hybridized carbons (Fsp3) is 0.571. The third-order valence-electron chi connectivity index (χ3n) is 2.20. The maximum Gasteiger partial charge on any atom is 0.159 e. The molecular weight excluding hydrogens is 100 g/mol. The Kier molecular flexibility index (Phi) is 0.655. The zero-order chi connectivity index (χ0) is 5.56. The van der Waals surface area contributed by atoms with Gasteiger partial charge >= 0.3 is 0 Å². The molecule has 0 bridgehead atoms. The predicted octanol–water partition coefficient (Wildman–Crippen LogP) is 1.15. The number of ketones is 1. The third-order valence-corrected chi connectivity index (χ3v) is 2.20. The van der Waals surface area contributed by atoms with Gasteiger partial charge in [-0.15, -0.1) is 0 Å². The second kappa shape index (κ2) is 1.22. The summed E-state index contributed by atoms with van der Waals surface area (Å²) in [6, 6.07) is 0. The van der Waals surface area contributed by atoms with Gasteiger partial charge in [0.1, 0.15) is 0 Å². The predicted molar refractivity (Wildman–Crippen MR) is 30.4 cm³/mol. The number of hydrogen-bond donors (Lipinski definition) is 0. The Hall–Kier alpha value is -0.590. The van der Waals surface area contributed by atoms with Crippen LogP contribution in [0.1, 0.15) is 12.8 Å². The minimum absolute atomic E-state index is 0.362. The van der Waals surface area contributed by atoms with Crippen molar-refractivity contribution in [1.82, 2.24) is 0 Å². The van der Waals surface area contributed by atoms with E-state index in [2.05, 4.69) is 6.08 Å². The van der Waals surface area contributed by atoms with E-state index in [0.29, 0.717) is 17.6 Å². The molecule has 0 aromatic carbocycles. The van der Waals surface area contributed by atoms with Crippen LogP contribution in [0.4, 0.5) is 0 Å². The topological polar surface area (TPSA) is 17.1 Å². The highest BCUT2D eigenvalue weighted by Gasteiger charge is 2.36. The van der Waals surface area contributed by atoms with E-state index < -0.39 is 0 Å². The first kappa shape index (κ1) is 4.30. The van der Waals surface area contributed by atoms with Gasteiger partial charge in [-0.25, -0.2) is 0 Å². The molecule has 0 saturated heterocycles. The molecule has 0 aromatic rings. The molecule has 0 radical (unpaired) electrons. The molecular formula is C7H8O. The molecule has 1 heteroatoms. The highest BCUT2D eigenvalue weighted by molar-refractivity contribution is 5.95. The fourth-order valence-corrected chi connectivity index (χ4v) is 1.45. The lowest BCUT2D eigenvalue weighted by Gasteiger charge is -2.27. The molecule has 0 aliphatic heterocycles. The first-order valence-electron chi connectivity index (χ1n) is 3.10. The quantitative estimate of drug-likeness (QED) is 0.455. The standard InChI is InChI=1S/C7H8O/c8-7-4-2-5-1-3-6(5)7/h2,4-6H,1,3H2. The third kappa shape index (κ3) is 0.347. The van der Waals surface area contributed by atoms with Gasteiger partial charge in [0.05, 0.1) is 0 Å². The Balaban J connectivity index is 2.25. The Morgan fingerprint density at radius 1 is 1.50 bits per heavy atom. The summed E-state index contributed by atoms with van der Waals surface area (Å²) in [5.41, 5.74) is 0. The highest BCUT2D eigenvalue weighted by Crippen LogP contribution is 2.39. The van der Waals surface area contributed by atoms with Crippen LogP contribution in [0.3, 0.4) is 0 Å². The smallest absolute Gasteiger partial charge is 0.159 e. The molecule has 1 saturated carbocycles. The van der Waals surface area contributed by atoms with Gasteiger partial charge < -0.3 is 0 Å². The van der Waals surface area contributed by atoms with Crippen LogP contribution in [0.5, 0.6) is 0 Å². The van der Waals surface area contributed by atoms with E-state index in [1.54, 1.807) is 6.08 Å². The molecule has 1 nitrogen and oxygen atoms in total. The molecule has 0 N–H and O–H groups in total. The van der Waals surface area contributed by atoms with Gasteiger partial charge in [0.25, 0.3) is 0 Å². The number of allylic oxidation sites excluding steroid dienone is 2. The summed E-state index contributed by atoms with van der Waals surface area (Å²) in [6.07, 6.45) is 6.17. The molecule has 1 fully saturated rings. The first-order valence-corrected chi connectivity index (χ1v) is 3.10. The normalized spacial score (nSPS) is 41.8. The average Bonchev–Trinajstić information content (AvgIpc) is 1.80. The molecule has 2 aliphatic carbocycles. The molecule has 42 valence electrons. The Bertz CT molecular complexity index is 158. The monoisotopic (exact) mass is 108 g/mol. The lowest BCUT2D eigenvalue weighted by atomic mass is 9.76. The second-order valence-corrected chi connectivity index (χ2v) is 2.61. The molecule has 8 heavy (non-hydrogen) atoms. The van der Waals surface area contributed by atoms with Crippen molar-refractivity contribution in [3.8, 4) is 0 Å². The van der Waals surface area contributed by atoms with E-state index in [-0.39, 0.29) is 0 Å².